The molecule has 0 radical (unpaired) electrons. The minimum absolute atomic E-state index is 0.100. The standard InChI is InChI=1S/C15H12BrNO2/c16-12-4-5-14-10(6-12)2-1-3-11(15(14)18)7-13-8-19-9-17-13/h4-9H,1-3H2/b11-7+. The van der Waals surface area contributed by atoms with Crippen molar-refractivity contribution < 1.29 is 9.21 Å². The molecule has 0 atom stereocenters. The average molecular weight is 318 g/mol. The van der Waals surface area contributed by atoms with E-state index in [1.165, 1.54) is 6.39 Å². The lowest BCUT2D eigenvalue weighted by Gasteiger charge is -2.05. The fraction of sp³-hybridized carbons (Fsp3) is 0.200. The first kappa shape index (κ1) is 12.4. The molecule has 3 nitrogen and oxygen atoms in total. The Morgan fingerprint density at radius 3 is 3.00 bits per heavy atom. The zero-order valence-corrected chi connectivity index (χ0v) is 11.8. The van der Waals surface area contributed by atoms with E-state index >= 15 is 0 Å². The van der Waals surface area contributed by atoms with Gasteiger partial charge in [0.1, 0.15) is 12.0 Å². The highest BCUT2D eigenvalue weighted by Crippen LogP contribution is 2.27. The van der Waals surface area contributed by atoms with Crippen LogP contribution in [0, 0.1) is 0 Å². The van der Waals surface area contributed by atoms with Gasteiger partial charge in [0.25, 0.3) is 0 Å². The van der Waals surface area contributed by atoms with Crippen LogP contribution >= 0.6 is 15.9 Å². The van der Waals surface area contributed by atoms with E-state index in [1.54, 1.807) is 6.26 Å². The summed E-state index contributed by atoms with van der Waals surface area (Å²) in [5, 5.41) is 0. The number of benzene rings is 1. The van der Waals surface area contributed by atoms with E-state index in [9.17, 15) is 4.79 Å². The fourth-order valence-corrected chi connectivity index (χ4v) is 2.76. The molecule has 0 amide bonds. The fourth-order valence-electron chi connectivity index (χ4n) is 2.36. The monoisotopic (exact) mass is 317 g/mol. The largest absolute Gasteiger partial charge is 0.451 e. The lowest BCUT2D eigenvalue weighted by Crippen LogP contribution is -2.03. The molecule has 0 saturated heterocycles. The van der Waals surface area contributed by atoms with Gasteiger partial charge in [0.05, 0.1) is 0 Å². The topological polar surface area (TPSA) is 43.1 Å². The number of carbonyl (C=O) groups excluding carboxylic acids is 1. The maximum Gasteiger partial charge on any atom is 0.189 e. The van der Waals surface area contributed by atoms with Crippen molar-refractivity contribution in [3.8, 4) is 0 Å². The first-order valence-electron chi connectivity index (χ1n) is 6.16. The number of aryl methyl sites for hydroxylation is 1. The van der Waals surface area contributed by atoms with Crippen LogP contribution in [0.2, 0.25) is 0 Å². The van der Waals surface area contributed by atoms with E-state index in [2.05, 4.69) is 20.9 Å². The van der Waals surface area contributed by atoms with Crippen LogP contribution in [-0.4, -0.2) is 10.8 Å². The Balaban J connectivity index is 2.02. The molecule has 2 aromatic rings. The number of fused-ring (bicyclic) bond motifs is 1. The number of hydrogen-bond acceptors (Lipinski definition) is 3. The first-order valence-corrected chi connectivity index (χ1v) is 6.95. The van der Waals surface area contributed by atoms with Crippen molar-refractivity contribution in [1.29, 1.82) is 0 Å². The Kier molecular flexibility index (Phi) is 3.34. The molecule has 0 bridgehead atoms. The third-order valence-electron chi connectivity index (χ3n) is 3.27. The van der Waals surface area contributed by atoms with Crippen molar-refractivity contribution in [1.82, 2.24) is 4.98 Å². The van der Waals surface area contributed by atoms with Crippen molar-refractivity contribution in [3.63, 3.8) is 0 Å². The molecule has 96 valence electrons. The zero-order chi connectivity index (χ0) is 13.2. The lowest BCUT2D eigenvalue weighted by atomic mass is 9.99. The molecule has 0 fully saturated rings. The van der Waals surface area contributed by atoms with Crippen LogP contribution < -0.4 is 0 Å². The first-order chi connectivity index (χ1) is 9.24. The number of halogens is 1. The van der Waals surface area contributed by atoms with Gasteiger partial charge in [-0.05, 0) is 49.1 Å². The summed E-state index contributed by atoms with van der Waals surface area (Å²) in [7, 11) is 0. The second-order valence-corrected chi connectivity index (χ2v) is 5.48. The second kappa shape index (κ2) is 5.13. The number of carbonyl (C=O) groups is 1. The number of rotatable bonds is 1. The summed E-state index contributed by atoms with van der Waals surface area (Å²) >= 11 is 3.45. The van der Waals surface area contributed by atoms with Gasteiger partial charge < -0.3 is 4.42 Å². The number of nitrogens with zero attached hydrogens (tertiary/aromatic N) is 1. The van der Waals surface area contributed by atoms with Gasteiger partial charge in [0.15, 0.2) is 12.2 Å². The van der Waals surface area contributed by atoms with Gasteiger partial charge in [-0.15, -0.1) is 0 Å². The summed E-state index contributed by atoms with van der Waals surface area (Å²) in [6.07, 6.45) is 7.42. The molecule has 1 aliphatic carbocycles. The lowest BCUT2D eigenvalue weighted by molar-refractivity contribution is 0.103. The molecular weight excluding hydrogens is 306 g/mol. The van der Waals surface area contributed by atoms with E-state index in [1.807, 2.05) is 24.3 Å². The minimum Gasteiger partial charge on any atom is -0.451 e. The van der Waals surface area contributed by atoms with Gasteiger partial charge in [-0.1, -0.05) is 15.9 Å². The number of Topliss-reactive ketones (excluding diaryl/α,β-unsaturated/α-hetero) is 1. The highest BCUT2D eigenvalue weighted by atomic mass is 79.9. The van der Waals surface area contributed by atoms with Gasteiger partial charge >= 0.3 is 0 Å². The van der Waals surface area contributed by atoms with E-state index in [-0.39, 0.29) is 5.78 Å². The van der Waals surface area contributed by atoms with Crippen LogP contribution in [0.1, 0.15) is 34.5 Å². The quantitative estimate of drug-likeness (QED) is 0.589. The number of aromatic nitrogens is 1. The maximum atomic E-state index is 12.5. The van der Waals surface area contributed by atoms with E-state index in [4.69, 9.17) is 4.42 Å². The third-order valence-corrected chi connectivity index (χ3v) is 3.76. The summed E-state index contributed by atoms with van der Waals surface area (Å²) in [5.41, 5.74) is 3.41. The highest BCUT2D eigenvalue weighted by Gasteiger charge is 2.20. The molecule has 0 N–H and O–H groups in total. The summed E-state index contributed by atoms with van der Waals surface area (Å²) < 4.78 is 5.95. The summed E-state index contributed by atoms with van der Waals surface area (Å²) in [5.74, 6) is 0.100. The Hall–Kier alpha value is -1.68. The number of hydrogen-bond donors (Lipinski definition) is 0. The molecule has 1 aromatic heterocycles. The molecule has 1 aromatic carbocycles. The Labute approximate surface area is 119 Å². The SMILES string of the molecule is O=C1/C(=C/c2cocn2)CCCc2cc(Br)ccc21. The van der Waals surface area contributed by atoms with Crippen molar-refractivity contribution in [2.75, 3.05) is 0 Å². The minimum atomic E-state index is 0.100. The number of ketones is 1. The molecule has 1 aliphatic rings. The summed E-state index contributed by atoms with van der Waals surface area (Å²) in [6.45, 7) is 0. The van der Waals surface area contributed by atoms with Crippen LogP contribution in [0.15, 0.2) is 45.3 Å². The van der Waals surface area contributed by atoms with E-state index in [0.29, 0.717) is 5.69 Å². The molecule has 0 spiro atoms. The van der Waals surface area contributed by atoms with Gasteiger partial charge in [-0.3, -0.25) is 4.79 Å². The van der Waals surface area contributed by atoms with Gasteiger partial charge in [0, 0.05) is 15.6 Å². The molecular formula is C15H12BrNO2. The summed E-state index contributed by atoms with van der Waals surface area (Å²) in [4.78, 5) is 16.6. The predicted molar refractivity (Wildman–Crippen MR) is 75.9 cm³/mol. The molecule has 3 rings (SSSR count). The normalized spacial score (nSPS) is 17.3. The maximum absolute atomic E-state index is 12.5. The molecule has 0 aliphatic heterocycles. The predicted octanol–water partition coefficient (Wildman–Crippen LogP) is 4.04. The van der Waals surface area contributed by atoms with Crippen LogP contribution in [0.4, 0.5) is 0 Å². The number of allylic oxidation sites excluding steroid dienone is 1. The number of oxazole rings is 1. The van der Waals surface area contributed by atoms with Gasteiger partial charge in [-0.25, -0.2) is 4.98 Å². The van der Waals surface area contributed by atoms with Crippen molar-refractivity contribution in [3.05, 3.63) is 57.7 Å². The molecule has 0 saturated carbocycles. The van der Waals surface area contributed by atoms with Crippen molar-refractivity contribution in [2.24, 2.45) is 0 Å². The average Bonchev–Trinajstić information content (AvgIpc) is 2.85. The van der Waals surface area contributed by atoms with Crippen LogP contribution in [0.3, 0.4) is 0 Å². The van der Waals surface area contributed by atoms with Gasteiger partial charge in [-0.2, -0.15) is 0 Å². The zero-order valence-electron chi connectivity index (χ0n) is 10.2. The van der Waals surface area contributed by atoms with Crippen molar-refractivity contribution >= 4 is 27.8 Å². The van der Waals surface area contributed by atoms with Gasteiger partial charge in [0.2, 0.25) is 0 Å². The van der Waals surface area contributed by atoms with Crippen LogP contribution in [-0.2, 0) is 6.42 Å². The Bertz CT molecular complexity index is 644. The highest BCUT2D eigenvalue weighted by molar-refractivity contribution is 9.10. The summed E-state index contributed by atoms with van der Waals surface area (Å²) in [6, 6.07) is 5.84. The Morgan fingerprint density at radius 1 is 1.32 bits per heavy atom. The van der Waals surface area contributed by atoms with E-state index in [0.717, 1.165) is 40.4 Å². The van der Waals surface area contributed by atoms with Crippen molar-refractivity contribution in [2.45, 2.75) is 19.3 Å². The molecule has 1 heterocycles. The van der Waals surface area contributed by atoms with Crippen LogP contribution in [0.25, 0.3) is 6.08 Å². The van der Waals surface area contributed by atoms with E-state index < -0.39 is 0 Å². The molecule has 19 heavy (non-hydrogen) atoms. The van der Waals surface area contributed by atoms with Crippen LogP contribution in [0.5, 0.6) is 0 Å². The smallest absolute Gasteiger partial charge is 0.189 e. The molecule has 4 heteroatoms. The third kappa shape index (κ3) is 2.54. The second-order valence-electron chi connectivity index (χ2n) is 4.57. The Morgan fingerprint density at radius 2 is 2.21 bits per heavy atom. The molecule has 0 unspecified atom stereocenters.